The predicted molar refractivity (Wildman–Crippen MR) is 173 cm³/mol. The monoisotopic (exact) mass is 657 g/mol. The topological polar surface area (TPSA) is 164 Å². The van der Waals surface area contributed by atoms with Gasteiger partial charge in [-0.25, -0.2) is 14.4 Å². The molecule has 6 rings (SSSR count). The molecule has 0 bridgehead atoms. The zero-order valence-electron chi connectivity index (χ0n) is 26.8. The number of halogens is 1. The molecular formula is C35H36FN5O7. The summed E-state index contributed by atoms with van der Waals surface area (Å²) in [5.74, 6) is 0.563. The number of amides is 1. The van der Waals surface area contributed by atoms with Gasteiger partial charge < -0.3 is 34.8 Å². The molecule has 0 unspecified atom stereocenters. The first kappa shape index (κ1) is 32.8. The predicted octanol–water partition coefficient (Wildman–Crippen LogP) is 3.50. The molecular weight excluding hydrogens is 621 g/mol. The Labute approximate surface area is 275 Å². The van der Waals surface area contributed by atoms with Gasteiger partial charge in [-0.2, -0.15) is 0 Å². The van der Waals surface area contributed by atoms with E-state index in [0.717, 1.165) is 16.7 Å². The third kappa shape index (κ3) is 5.59. The fourth-order valence-corrected chi connectivity index (χ4v) is 5.88. The second-order valence-corrected chi connectivity index (χ2v) is 12.0. The van der Waals surface area contributed by atoms with Crippen LogP contribution >= 0.6 is 0 Å². The maximum Gasteiger partial charge on any atom is 0.279 e. The smallest absolute Gasteiger partial charge is 0.279 e. The van der Waals surface area contributed by atoms with E-state index in [0.29, 0.717) is 11.5 Å². The number of imidazole rings is 1. The molecule has 1 aliphatic rings. The van der Waals surface area contributed by atoms with E-state index in [1.165, 1.54) is 24.7 Å². The van der Waals surface area contributed by atoms with Crippen LogP contribution in [0, 0.1) is 0 Å². The van der Waals surface area contributed by atoms with Crippen LogP contribution in [0.25, 0.3) is 11.2 Å². The summed E-state index contributed by atoms with van der Waals surface area (Å²) in [6.07, 6.45) is -4.88. The van der Waals surface area contributed by atoms with Gasteiger partial charge in [-0.1, -0.05) is 54.6 Å². The fourth-order valence-electron chi connectivity index (χ4n) is 5.88. The van der Waals surface area contributed by atoms with E-state index in [4.69, 9.17) is 24.7 Å². The largest absolute Gasteiger partial charge is 0.497 e. The molecule has 0 saturated carbocycles. The molecule has 0 spiro atoms. The second kappa shape index (κ2) is 12.8. The number of rotatable bonds is 11. The van der Waals surface area contributed by atoms with Crippen molar-refractivity contribution in [1.82, 2.24) is 19.5 Å². The number of H-pyrrole nitrogens is 1. The van der Waals surface area contributed by atoms with Gasteiger partial charge in [0.2, 0.25) is 5.91 Å². The number of fused-ring (bicyclic) bond motifs is 1. The molecule has 2 aromatic heterocycles. The summed E-state index contributed by atoms with van der Waals surface area (Å²) in [5, 5.41) is 11.1. The quantitative estimate of drug-likeness (QED) is 0.180. The van der Waals surface area contributed by atoms with E-state index in [2.05, 4.69) is 15.0 Å². The minimum absolute atomic E-state index is 0.00371. The number of nitrogens with two attached hydrogens (primary N) is 1. The van der Waals surface area contributed by atoms with Gasteiger partial charge in [-0.3, -0.25) is 14.2 Å². The summed E-state index contributed by atoms with van der Waals surface area (Å²) >= 11 is 0. The fraction of sp³-hybridized carbons (Fsp3) is 0.314. The van der Waals surface area contributed by atoms with Gasteiger partial charge in [0.1, 0.15) is 40.5 Å². The van der Waals surface area contributed by atoms with Crippen LogP contribution in [-0.2, 0) is 25.3 Å². The zero-order valence-corrected chi connectivity index (χ0v) is 26.8. The van der Waals surface area contributed by atoms with Crippen LogP contribution in [0.2, 0.25) is 0 Å². The van der Waals surface area contributed by atoms with Gasteiger partial charge >= 0.3 is 0 Å². The number of hydrogen-bond donors (Lipinski definition) is 3. The van der Waals surface area contributed by atoms with Crippen molar-refractivity contribution in [3.05, 3.63) is 118 Å². The Morgan fingerprint density at radius 3 is 2.08 bits per heavy atom. The van der Waals surface area contributed by atoms with Gasteiger partial charge in [-0.15, -0.1) is 0 Å². The lowest BCUT2D eigenvalue weighted by Gasteiger charge is -2.37. The van der Waals surface area contributed by atoms with Crippen LogP contribution in [0.1, 0.15) is 42.6 Å². The third-order valence-corrected chi connectivity index (χ3v) is 8.84. The Morgan fingerprint density at radius 2 is 1.54 bits per heavy atom. The van der Waals surface area contributed by atoms with Crippen molar-refractivity contribution in [2.45, 2.75) is 49.5 Å². The Morgan fingerprint density at radius 1 is 0.979 bits per heavy atom. The van der Waals surface area contributed by atoms with Crippen molar-refractivity contribution in [3.63, 3.8) is 0 Å². The number of aliphatic hydroxyl groups is 1. The summed E-state index contributed by atoms with van der Waals surface area (Å²) in [7, 11) is 3.16. The first-order chi connectivity index (χ1) is 23.0. The normalized spacial score (nSPS) is 19.8. The molecule has 13 heteroatoms. The number of nitrogens with one attached hydrogen (secondary N) is 1. The lowest BCUT2D eigenvalue weighted by molar-refractivity contribution is -0.122. The lowest BCUT2D eigenvalue weighted by atomic mass is 9.80. The van der Waals surface area contributed by atoms with Gasteiger partial charge in [0.25, 0.3) is 5.56 Å². The van der Waals surface area contributed by atoms with Crippen molar-refractivity contribution >= 4 is 17.1 Å². The van der Waals surface area contributed by atoms with Gasteiger partial charge in [0.05, 0.1) is 27.2 Å². The van der Waals surface area contributed by atoms with Crippen molar-refractivity contribution in [2.75, 3.05) is 20.8 Å². The SMILES string of the molecule is COc1ccc(C(OC[C@H]2O[C@@H](n3cnc4c(=O)[nH]c(C(C)(C)C(N)=O)nc43)[C@H](O)[C@@H]2F)(c2ccccc2)c2ccc(OC)cc2)cc1. The van der Waals surface area contributed by atoms with E-state index >= 15 is 4.39 Å². The summed E-state index contributed by atoms with van der Waals surface area (Å²) < 4.78 is 41.0. The molecule has 1 amide bonds. The minimum Gasteiger partial charge on any atom is -0.497 e. The Kier molecular flexibility index (Phi) is 8.77. The number of carbonyl (C=O) groups excluding carboxylic acids is 1. The Hall–Kier alpha value is -5.11. The standard InChI is InChI=1S/C35H36FN5O7/c1-34(2,32(37)44)33-39-29-27(30(43)40-33)38-19-41(29)31-28(42)26(36)25(48-31)18-47-35(20-8-6-5-7-9-20,21-10-14-23(45-3)15-11-21)22-12-16-24(46-4)17-13-22/h5-17,19,25-26,28,31,42H,18H2,1-4H3,(H2,37,44)(H,39,40,43)/t25-,26-,28-,31-/m1/s1. The van der Waals surface area contributed by atoms with Crippen LogP contribution < -0.4 is 20.8 Å². The van der Waals surface area contributed by atoms with E-state index < -0.39 is 47.1 Å². The molecule has 4 N–H and O–H groups in total. The van der Waals surface area contributed by atoms with Crippen LogP contribution in [0.3, 0.4) is 0 Å². The number of ether oxygens (including phenoxy) is 4. The number of benzene rings is 3. The molecule has 0 aliphatic carbocycles. The van der Waals surface area contributed by atoms with Gasteiger partial charge in [0, 0.05) is 0 Å². The van der Waals surface area contributed by atoms with Crippen molar-refractivity contribution in [2.24, 2.45) is 5.73 Å². The maximum atomic E-state index is 16.0. The highest BCUT2D eigenvalue weighted by Crippen LogP contribution is 2.43. The molecule has 0 radical (unpaired) electrons. The number of alkyl halides is 1. The summed E-state index contributed by atoms with van der Waals surface area (Å²) in [4.78, 5) is 36.1. The molecule has 4 atom stereocenters. The summed E-state index contributed by atoms with van der Waals surface area (Å²) in [6, 6.07) is 24.3. The van der Waals surface area contributed by atoms with E-state index in [1.54, 1.807) is 14.2 Å². The Balaban J connectivity index is 1.39. The van der Waals surface area contributed by atoms with Crippen LogP contribution in [-0.4, -0.2) is 69.7 Å². The average Bonchev–Trinajstić information content (AvgIpc) is 3.66. The number of aromatic nitrogens is 4. The molecule has 250 valence electrons. The zero-order chi connectivity index (χ0) is 34.2. The number of primary amides is 1. The van der Waals surface area contributed by atoms with E-state index in [-0.39, 0.29) is 23.6 Å². The molecule has 5 aromatic rings. The van der Waals surface area contributed by atoms with Crippen molar-refractivity contribution < 1.29 is 33.2 Å². The van der Waals surface area contributed by atoms with Crippen molar-refractivity contribution in [3.8, 4) is 11.5 Å². The number of nitrogens with zero attached hydrogens (tertiary/aromatic N) is 3. The minimum atomic E-state index is -1.89. The third-order valence-electron chi connectivity index (χ3n) is 8.84. The molecule has 1 fully saturated rings. The van der Waals surface area contributed by atoms with Gasteiger partial charge in [0.15, 0.2) is 23.6 Å². The second-order valence-electron chi connectivity index (χ2n) is 12.0. The first-order valence-electron chi connectivity index (χ1n) is 15.2. The number of methoxy groups -OCH3 is 2. The maximum absolute atomic E-state index is 16.0. The molecule has 3 heterocycles. The average molecular weight is 658 g/mol. The molecule has 12 nitrogen and oxygen atoms in total. The number of carbonyl (C=O) groups is 1. The molecule has 1 saturated heterocycles. The lowest BCUT2D eigenvalue weighted by Crippen LogP contribution is -2.38. The number of aliphatic hydroxyl groups excluding tert-OH is 1. The molecule has 48 heavy (non-hydrogen) atoms. The first-order valence-corrected chi connectivity index (χ1v) is 15.2. The summed E-state index contributed by atoms with van der Waals surface area (Å²) in [6.45, 7) is 2.73. The van der Waals surface area contributed by atoms with Crippen LogP contribution in [0.5, 0.6) is 11.5 Å². The van der Waals surface area contributed by atoms with Crippen molar-refractivity contribution in [1.29, 1.82) is 0 Å². The van der Waals surface area contributed by atoms with Crippen LogP contribution in [0.4, 0.5) is 4.39 Å². The van der Waals surface area contributed by atoms with Crippen LogP contribution in [0.15, 0.2) is 90.0 Å². The number of hydrogen-bond acceptors (Lipinski definition) is 9. The Bertz CT molecular complexity index is 1910. The number of aromatic amines is 1. The summed E-state index contributed by atoms with van der Waals surface area (Å²) in [5.41, 5.74) is 4.49. The van der Waals surface area contributed by atoms with Gasteiger partial charge in [-0.05, 0) is 54.8 Å². The molecule has 1 aliphatic heterocycles. The van der Waals surface area contributed by atoms with E-state index in [1.807, 2.05) is 78.9 Å². The van der Waals surface area contributed by atoms with E-state index in [9.17, 15) is 14.7 Å². The highest BCUT2D eigenvalue weighted by atomic mass is 19.1. The highest BCUT2D eigenvalue weighted by Gasteiger charge is 2.48. The highest BCUT2D eigenvalue weighted by molar-refractivity contribution is 5.85. The molecule has 3 aromatic carbocycles.